The monoisotopic (exact) mass is 219 g/mol. The molecule has 1 atom stereocenters. The van der Waals surface area contributed by atoms with E-state index in [-0.39, 0.29) is 6.04 Å². The van der Waals surface area contributed by atoms with Gasteiger partial charge in [-0.2, -0.15) is 0 Å². The van der Waals surface area contributed by atoms with Crippen LogP contribution in [-0.4, -0.2) is 17.9 Å². The largest absolute Gasteiger partial charge is 0.358 e. The SMILES string of the molecule is NC(C/C=C/CCNC=O)c1ccccn1. The van der Waals surface area contributed by atoms with Crippen LogP contribution in [0, 0.1) is 0 Å². The van der Waals surface area contributed by atoms with Gasteiger partial charge in [0.15, 0.2) is 0 Å². The topological polar surface area (TPSA) is 68.0 Å². The van der Waals surface area contributed by atoms with E-state index < -0.39 is 0 Å². The number of carbonyl (C=O) groups excluding carboxylic acids is 1. The van der Waals surface area contributed by atoms with Gasteiger partial charge in [0.05, 0.1) is 11.7 Å². The molecular weight excluding hydrogens is 202 g/mol. The van der Waals surface area contributed by atoms with Crippen LogP contribution in [0.2, 0.25) is 0 Å². The molecule has 1 unspecified atom stereocenters. The molecule has 1 heterocycles. The molecular formula is C12H17N3O. The van der Waals surface area contributed by atoms with E-state index in [2.05, 4.69) is 10.3 Å². The maximum absolute atomic E-state index is 9.97. The zero-order chi connectivity index (χ0) is 11.6. The third-order valence-electron chi connectivity index (χ3n) is 2.16. The van der Waals surface area contributed by atoms with Gasteiger partial charge in [0, 0.05) is 12.7 Å². The van der Waals surface area contributed by atoms with E-state index in [0.717, 1.165) is 18.5 Å². The molecule has 0 aliphatic rings. The van der Waals surface area contributed by atoms with Gasteiger partial charge in [0.25, 0.3) is 0 Å². The standard InChI is InChI=1S/C12H17N3O/c13-11(12-7-3-5-9-15-12)6-2-1-4-8-14-10-16/h1-3,5,7,9-11H,4,6,8,13H2,(H,14,16)/b2-1+. The van der Waals surface area contributed by atoms with Crippen molar-refractivity contribution in [2.75, 3.05) is 6.54 Å². The second-order valence-corrected chi connectivity index (χ2v) is 3.43. The highest BCUT2D eigenvalue weighted by Crippen LogP contribution is 2.10. The molecule has 0 spiro atoms. The van der Waals surface area contributed by atoms with E-state index in [1.54, 1.807) is 6.20 Å². The number of aromatic nitrogens is 1. The van der Waals surface area contributed by atoms with Crippen LogP contribution >= 0.6 is 0 Å². The Morgan fingerprint density at radius 2 is 2.31 bits per heavy atom. The van der Waals surface area contributed by atoms with Gasteiger partial charge in [-0.05, 0) is 25.0 Å². The molecule has 1 rings (SSSR count). The minimum atomic E-state index is -0.0588. The van der Waals surface area contributed by atoms with Gasteiger partial charge < -0.3 is 11.1 Å². The first-order chi connectivity index (χ1) is 7.84. The van der Waals surface area contributed by atoms with Crippen LogP contribution in [0.15, 0.2) is 36.5 Å². The average Bonchev–Trinajstić information content (AvgIpc) is 2.34. The molecule has 0 bridgehead atoms. The van der Waals surface area contributed by atoms with E-state index in [4.69, 9.17) is 5.73 Å². The first kappa shape index (κ1) is 12.4. The summed E-state index contributed by atoms with van der Waals surface area (Å²) in [7, 11) is 0. The summed E-state index contributed by atoms with van der Waals surface area (Å²) in [4.78, 5) is 14.2. The number of amides is 1. The molecule has 1 aromatic rings. The summed E-state index contributed by atoms with van der Waals surface area (Å²) >= 11 is 0. The lowest BCUT2D eigenvalue weighted by Gasteiger charge is -2.07. The third kappa shape index (κ3) is 4.70. The number of nitrogens with two attached hydrogens (primary N) is 1. The van der Waals surface area contributed by atoms with Crippen LogP contribution in [0.3, 0.4) is 0 Å². The highest BCUT2D eigenvalue weighted by molar-refractivity contribution is 5.45. The van der Waals surface area contributed by atoms with Crippen molar-refractivity contribution >= 4 is 6.41 Å². The van der Waals surface area contributed by atoms with Crippen molar-refractivity contribution < 1.29 is 4.79 Å². The maximum atomic E-state index is 9.97. The molecule has 0 saturated heterocycles. The fourth-order valence-corrected chi connectivity index (χ4v) is 1.30. The Kier molecular flexibility index (Phi) is 5.88. The van der Waals surface area contributed by atoms with Gasteiger partial charge in [-0.1, -0.05) is 18.2 Å². The van der Waals surface area contributed by atoms with Gasteiger partial charge in [-0.25, -0.2) is 0 Å². The molecule has 0 aliphatic heterocycles. The molecule has 0 aromatic carbocycles. The van der Waals surface area contributed by atoms with Crippen molar-refractivity contribution in [3.05, 3.63) is 42.2 Å². The quantitative estimate of drug-likeness (QED) is 0.411. The van der Waals surface area contributed by atoms with Crippen molar-refractivity contribution in [3.8, 4) is 0 Å². The van der Waals surface area contributed by atoms with Gasteiger partial charge in [0.1, 0.15) is 0 Å². The molecule has 0 saturated carbocycles. The van der Waals surface area contributed by atoms with Crippen molar-refractivity contribution in [1.29, 1.82) is 0 Å². The van der Waals surface area contributed by atoms with Gasteiger partial charge in [0.2, 0.25) is 6.41 Å². The molecule has 4 nitrogen and oxygen atoms in total. The molecule has 0 fully saturated rings. The Morgan fingerprint density at radius 1 is 1.44 bits per heavy atom. The third-order valence-corrected chi connectivity index (χ3v) is 2.16. The normalized spacial score (nSPS) is 12.6. The van der Waals surface area contributed by atoms with Gasteiger partial charge in [-0.15, -0.1) is 0 Å². The van der Waals surface area contributed by atoms with E-state index in [1.165, 1.54) is 0 Å². The molecule has 16 heavy (non-hydrogen) atoms. The van der Waals surface area contributed by atoms with Crippen molar-refractivity contribution in [3.63, 3.8) is 0 Å². The lowest BCUT2D eigenvalue weighted by atomic mass is 10.1. The Morgan fingerprint density at radius 3 is 3.00 bits per heavy atom. The summed E-state index contributed by atoms with van der Waals surface area (Å²) in [5.74, 6) is 0. The second-order valence-electron chi connectivity index (χ2n) is 3.43. The van der Waals surface area contributed by atoms with E-state index >= 15 is 0 Å². The van der Waals surface area contributed by atoms with E-state index in [0.29, 0.717) is 13.0 Å². The smallest absolute Gasteiger partial charge is 0.207 e. The lowest BCUT2D eigenvalue weighted by molar-refractivity contribution is -0.109. The van der Waals surface area contributed by atoms with E-state index in [9.17, 15) is 4.79 Å². The maximum Gasteiger partial charge on any atom is 0.207 e. The highest BCUT2D eigenvalue weighted by Gasteiger charge is 2.03. The fourth-order valence-electron chi connectivity index (χ4n) is 1.30. The lowest BCUT2D eigenvalue weighted by Crippen LogP contribution is -2.11. The first-order valence-electron chi connectivity index (χ1n) is 5.33. The number of carbonyl (C=O) groups is 1. The van der Waals surface area contributed by atoms with Crippen LogP contribution in [0.25, 0.3) is 0 Å². The Hall–Kier alpha value is -1.68. The number of rotatable bonds is 7. The van der Waals surface area contributed by atoms with Crippen LogP contribution in [-0.2, 0) is 4.79 Å². The second kappa shape index (κ2) is 7.59. The minimum Gasteiger partial charge on any atom is -0.358 e. The minimum absolute atomic E-state index is 0.0588. The molecule has 0 aliphatic carbocycles. The number of nitrogens with one attached hydrogen (secondary N) is 1. The van der Waals surface area contributed by atoms with Crippen LogP contribution < -0.4 is 11.1 Å². The number of nitrogens with zero attached hydrogens (tertiary/aromatic N) is 1. The average molecular weight is 219 g/mol. The summed E-state index contributed by atoms with van der Waals surface area (Å²) in [6.07, 6.45) is 8.07. The Balaban J connectivity index is 2.25. The predicted molar refractivity (Wildman–Crippen MR) is 63.6 cm³/mol. The molecule has 3 N–H and O–H groups in total. The molecule has 1 aromatic heterocycles. The van der Waals surface area contributed by atoms with Crippen molar-refractivity contribution in [2.45, 2.75) is 18.9 Å². The van der Waals surface area contributed by atoms with Crippen LogP contribution in [0.5, 0.6) is 0 Å². The highest BCUT2D eigenvalue weighted by atomic mass is 16.1. The molecule has 1 amide bonds. The summed E-state index contributed by atoms with van der Waals surface area (Å²) < 4.78 is 0. The molecule has 86 valence electrons. The van der Waals surface area contributed by atoms with Crippen LogP contribution in [0.1, 0.15) is 24.6 Å². The first-order valence-corrected chi connectivity index (χ1v) is 5.33. The fraction of sp³-hybridized carbons (Fsp3) is 0.333. The number of hydrogen-bond donors (Lipinski definition) is 2. The van der Waals surface area contributed by atoms with Crippen molar-refractivity contribution in [2.24, 2.45) is 5.73 Å². The molecule has 0 radical (unpaired) electrons. The summed E-state index contributed by atoms with van der Waals surface area (Å²) in [6, 6.07) is 5.67. The predicted octanol–water partition coefficient (Wildman–Crippen LogP) is 1.16. The zero-order valence-electron chi connectivity index (χ0n) is 9.17. The van der Waals surface area contributed by atoms with Crippen molar-refractivity contribution in [1.82, 2.24) is 10.3 Å². The van der Waals surface area contributed by atoms with Gasteiger partial charge >= 0.3 is 0 Å². The van der Waals surface area contributed by atoms with Crippen LogP contribution in [0.4, 0.5) is 0 Å². The zero-order valence-corrected chi connectivity index (χ0v) is 9.17. The summed E-state index contributed by atoms with van der Waals surface area (Å²) in [5.41, 5.74) is 6.85. The number of hydrogen-bond acceptors (Lipinski definition) is 3. The summed E-state index contributed by atoms with van der Waals surface area (Å²) in [6.45, 7) is 0.666. The van der Waals surface area contributed by atoms with Gasteiger partial charge in [-0.3, -0.25) is 9.78 Å². The Bertz CT molecular complexity index is 324. The number of pyridine rings is 1. The van der Waals surface area contributed by atoms with E-state index in [1.807, 2.05) is 30.4 Å². The summed E-state index contributed by atoms with van der Waals surface area (Å²) in [5, 5.41) is 2.59. The Labute approximate surface area is 95.6 Å². The molecule has 4 heteroatoms.